The molecule has 0 aromatic heterocycles. The lowest BCUT2D eigenvalue weighted by Crippen LogP contribution is -2.45. The van der Waals surface area contributed by atoms with Gasteiger partial charge in [-0.3, -0.25) is 4.90 Å². The Labute approximate surface area is 128 Å². The Morgan fingerprint density at radius 1 is 1.32 bits per heavy atom. The van der Waals surface area contributed by atoms with Crippen LogP contribution in [0.25, 0.3) is 0 Å². The van der Waals surface area contributed by atoms with Crippen molar-refractivity contribution in [2.24, 2.45) is 0 Å². The highest BCUT2D eigenvalue weighted by molar-refractivity contribution is 6.35. The summed E-state index contributed by atoms with van der Waals surface area (Å²) in [5.74, 6) is -0.0475. The summed E-state index contributed by atoms with van der Waals surface area (Å²) in [5.41, 5.74) is 0.422. The van der Waals surface area contributed by atoms with Gasteiger partial charge in [-0.25, -0.2) is 4.39 Å². The molecule has 2 N–H and O–H groups in total. The highest BCUT2D eigenvalue weighted by Gasteiger charge is 2.26. The number of aromatic hydroxyl groups is 1. The number of hydrogen-bond acceptors (Lipinski definition) is 3. The lowest BCUT2D eigenvalue weighted by molar-refractivity contribution is 0.145. The van der Waals surface area contributed by atoms with Crippen molar-refractivity contribution in [2.45, 2.75) is 6.04 Å². The second kappa shape index (κ2) is 7.50. The van der Waals surface area contributed by atoms with Gasteiger partial charge in [0.2, 0.25) is 0 Å². The number of phenolic OH excluding ortho intramolecular Hbond substituents is 1. The molecule has 19 heavy (non-hydrogen) atoms. The van der Waals surface area contributed by atoms with Gasteiger partial charge in [0, 0.05) is 36.8 Å². The summed E-state index contributed by atoms with van der Waals surface area (Å²) in [7, 11) is 0. The average molecular weight is 330 g/mol. The molecule has 0 aliphatic carbocycles. The third-order valence-corrected chi connectivity index (χ3v) is 3.68. The van der Waals surface area contributed by atoms with Crippen LogP contribution in [0.1, 0.15) is 11.6 Å². The van der Waals surface area contributed by atoms with Gasteiger partial charge in [0.25, 0.3) is 0 Å². The summed E-state index contributed by atoms with van der Waals surface area (Å²) in [4.78, 5) is 1.98. The SMILES string of the molecule is Cl.Oc1cc(Cl)cc(Cl)c1[C@@H](CF)N1CCNCC1. The zero-order valence-electron chi connectivity index (χ0n) is 10.2. The smallest absolute Gasteiger partial charge is 0.123 e. The van der Waals surface area contributed by atoms with E-state index in [0.717, 1.165) is 26.2 Å². The van der Waals surface area contributed by atoms with Gasteiger partial charge in [-0.1, -0.05) is 23.2 Å². The molecule has 0 spiro atoms. The molecule has 1 atom stereocenters. The lowest BCUT2D eigenvalue weighted by Gasteiger charge is -2.34. The minimum Gasteiger partial charge on any atom is -0.507 e. The molecular formula is C12H16Cl3FN2O. The first kappa shape index (κ1) is 16.8. The van der Waals surface area contributed by atoms with Gasteiger partial charge in [0.15, 0.2) is 0 Å². The van der Waals surface area contributed by atoms with Crippen LogP contribution in [0.4, 0.5) is 4.39 Å². The van der Waals surface area contributed by atoms with Crippen molar-refractivity contribution in [1.82, 2.24) is 10.2 Å². The number of nitrogens with zero attached hydrogens (tertiary/aromatic N) is 1. The predicted molar refractivity (Wildman–Crippen MR) is 78.5 cm³/mol. The van der Waals surface area contributed by atoms with E-state index in [9.17, 15) is 9.50 Å². The van der Waals surface area contributed by atoms with Gasteiger partial charge < -0.3 is 10.4 Å². The number of benzene rings is 1. The molecule has 3 nitrogen and oxygen atoms in total. The van der Waals surface area contributed by atoms with Gasteiger partial charge >= 0.3 is 0 Å². The standard InChI is InChI=1S/C12H15Cl2FN2O.ClH/c13-8-5-9(14)12(11(18)6-8)10(7-15)17-3-1-16-2-4-17;/h5-6,10,16,18H,1-4,7H2;1H/t10-;/m1./s1. The van der Waals surface area contributed by atoms with Crippen molar-refractivity contribution in [2.75, 3.05) is 32.9 Å². The molecule has 1 aliphatic heterocycles. The van der Waals surface area contributed by atoms with E-state index in [1.807, 2.05) is 4.90 Å². The van der Waals surface area contributed by atoms with Gasteiger partial charge in [-0.05, 0) is 12.1 Å². The van der Waals surface area contributed by atoms with E-state index in [-0.39, 0.29) is 18.2 Å². The van der Waals surface area contributed by atoms with Crippen LogP contribution >= 0.6 is 35.6 Å². The molecular weight excluding hydrogens is 314 g/mol. The first-order chi connectivity index (χ1) is 8.63. The first-order valence-corrected chi connectivity index (χ1v) is 6.57. The van der Waals surface area contributed by atoms with E-state index in [1.54, 1.807) is 0 Å². The molecule has 7 heteroatoms. The Bertz CT molecular complexity index is 404. The number of piperazine rings is 1. The van der Waals surface area contributed by atoms with Crippen molar-refractivity contribution in [3.05, 3.63) is 27.7 Å². The number of nitrogens with one attached hydrogen (secondary N) is 1. The molecule has 1 heterocycles. The molecule has 108 valence electrons. The lowest BCUT2D eigenvalue weighted by atomic mass is 10.0. The van der Waals surface area contributed by atoms with Gasteiger partial charge in [0.1, 0.15) is 12.4 Å². The zero-order chi connectivity index (χ0) is 13.1. The number of hydrogen-bond donors (Lipinski definition) is 2. The summed E-state index contributed by atoms with van der Waals surface area (Å²) in [6, 6.07) is 2.41. The third-order valence-electron chi connectivity index (χ3n) is 3.14. The summed E-state index contributed by atoms with van der Waals surface area (Å²) in [6.07, 6.45) is 0. The van der Waals surface area contributed by atoms with Gasteiger partial charge in [-0.15, -0.1) is 12.4 Å². The van der Waals surface area contributed by atoms with Crippen LogP contribution in [0.15, 0.2) is 12.1 Å². The van der Waals surface area contributed by atoms with Crippen LogP contribution in [0.5, 0.6) is 5.75 Å². The Balaban J connectivity index is 0.00000180. The fourth-order valence-electron chi connectivity index (χ4n) is 2.25. The normalized spacial score (nSPS) is 17.8. The van der Waals surface area contributed by atoms with Gasteiger partial charge in [-0.2, -0.15) is 0 Å². The van der Waals surface area contributed by atoms with Gasteiger partial charge in [0.05, 0.1) is 11.1 Å². The number of rotatable bonds is 3. The topological polar surface area (TPSA) is 35.5 Å². The fourth-order valence-corrected chi connectivity index (χ4v) is 2.86. The van der Waals surface area contributed by atoms with Crippen LogP contribution in [0.3, 0.4) is 0 Å². The van der Waals surface area contributed by atoms with E-state index in [0.29, 0.717) is 15.6 Å². The van der Waals surface area contributed by atoms with Crippen LogP contribution in [0.2, 0.25) is 10.0 Å². The maximum Gasteiger partial charge on any atom is 0.123 e. The first-order valence-electron chi connectivity index (χ1n) is 5.82. The fraction of sp³-hybridized carbons (Fsp3) is 0.500. The Morgan fingerprint density at radius 2 is 1.95 bits per heavy atom. The molecule has 0 amide bonds. The van der Waals surface area contributed by atoms with Crippen LogP contribution in [-0.2, 0) is 0 Å². The van der Waals surface area contributed by atoms with Crippen molar-refractivity contribution >= 4 is 35.6 Å². The number of alkyl halides is 1. The summed E-state index contributed by atoms with van der Waals surface area (Å²) in [5, 5.41) is 13.8. The second-order valence-corrected chi connectivity index (χ2v) is 5.12. The molecule has 1 saturated heterocycles. The van der Waals surface area contributed by atoms with E-state index in [2.05, 4.69) is 5.32 Å². The van der Waals surface area contributed by atoms with Crippen LogP contribution < -0.4 is 5.32 Å². The molecule has 0 saturated carbocycles. The quantitative estimate of drug-likeness (QED) is 0.895. The molecule has 0 radical (unpaired) electrons. The van der Waals surface area contributed by atoms with E-state index in [1.165, 1.54) is 12.1 Å². The van der Waals surface area contributed by atoms with Crippen molar-refractivity contribution in [3.63, 3.8) is 0 Å². The van der Waals surface area contributed by atoms with E-state index >= 15 is 0 Å². The van der Waals surface area contributed by atoms with Crippen molar-refractivity contribution < 1.29 is 9.50 Å². The Hall–Kier alpha value is -0.260. The molecule has 1 aliphatic rings. The molecule has 1 aromatic rings. The van der Waals surface area contributed by atoms with E-state index in [4.69, 9.17) is 23.2 Å². The van der Waals surface area contributed by atoms with Crippen molar-refractivity contribution in [3.8, 4) is 5.75 Å². The number of halogens is 4. The zero-order valence-corrected chi connectivity index (χ0v) is 12.5. The minimum absolute atomic E-state index is 0. The summed E-state index contributed by atoms with van der Waals surface area (Å²) in [6.45, 7) is 2.49. The molecule has 2 rings (SSSR count). The van der Waals surface area contributed by atoms with Crippen molar-refractivity contribution in [1.29, 1.82) is 0 Å². The third kappa shape index (κ3) is 3.86. The monoisotopic (exact) mass is 328 g/mol. The Morgan fingerprint density at radius 3 is 2.47 bits per heavy atom. The average Bonchev–Trinajstić information content (AvgIpc) is 2.34. The minimum atomic E-state index is -0.588. The highest BCUT2D eigenvalue weighted by atomic mass is 35.5. The summed E-state index contributed by atoms with van der Waals surface area (Å²) < 4.78 is 13.3. The number of phenols is 1. The highest BCUT2D eigenvalue weighted by Crippen LogP contribution is 2.37. The largest absolute Gasteiger partial charge is 0.507 e. The summed E-state index contributed by atoms with van der Waals surface area (Å²) >= 11 is 11.9. The van der Waals surface area contributed by atoms with Crippen LogP contribution in [0, 0.1) is 0 Å². The van der Waals surface area contributed by atoms with E-state index < -0.39 is 12.7 Å². The van der Waals surface area contributed by atoms with Crippen LogP contribution in [-0.4, -0.2) is 42.9 Å². The molecule has 1 aromatic carbocycles. The second-order valence-electron chi connectivity index (χ2n) is 4.28. The maximum absolute atomic E-state index is 13.3. The Kier molecular flexibility index (Phi) is 6.63. The molecule has 0 bridgehead atoms. The predicted octanol–water partition coefficient (Wildman–Crippen LogP) is 3.04. The molecule has 1 fully saturated rings. The molecule has 0 unspecified atom stereocenters. The maximum atomic E-state index is 13.3.